The standard InChI is InChI=1S/C35H26BrCl2N5O6/c1-12(2)25-32-42-26-28(49-32)35(17-11-21(44)18(36)8-14(17)9-19(39)31(45)41-25)16-7-6-13(10-22(16)47-34(35)46)15-4-3-5-20-23(15)24(29(37)40-20)27-30(38)43-33(26)48-27/h3-8,10-12,19,25,34,40,44,46H,9,39H2,1-2H3,(H,41,45). The molecule has 3 aromatic heterocycles. The summed E-state index contributed by atoms with van der Waals surface area (Å²) in [4.78, 5) is 26.4. The summed E-state index contributed by atoms with van der Waals surface area (Å²) in [6.45, 7) is 3.82. The highest BCUT2D eigenvalue weighted by Crippen LogP contribution is 2.57. The Morgan fingerprint density at radius 1 is 1.10 bits per heavy atom. The number of nitrogens with two attached hydrogens (primary N) is 1. The summed E-state index contributed by atoms with van der Waals surface area (Å²) in [6.07, 6.45) is -1.57. The maximum Gasteiger partial charge on any atom is 0.250 e. The topological polar surface area (TPSA) is 173 Å². The Bertz CT molecular complexity index is 2400. The number of carbonyl (C=O) groups excluding carboxylic acids is 1. The number of aromatic nitrogens is 3. The molecule has 1 spiro atoms. The second-order valence-electron chi connectivity index (χ2n) is 12.9. The van der Waals surface area contributed by atoms with Crippen molar-refractivity contribution in [2.75, 3.05) is 0 Å². The molecule has 4 atom stereocenters. The Balaban J connectivity index is 1.49. The number of phenols is 1. The number of rotatable bonds is 1. The molecule has 4 aliphatic heterocycles. The van der Waals surface area contributed by atoms with Crippen LogP contribution in [-0.2, 0) is 16.6 Å². The molecule has 3 aromatic carbocycles. The first kappa shape index (κ1) is 30.7. The van der Waals surface area contributed by atoms with Crippen LogP contribution < -0.4 is 15.8 Å². The van der Waals surface area contributed by atoms with Gasteiger partial charge in [0.05, 0.1) is 16.1 Å². The maximum absolute atomic E-state index is 13.6. The molecule has 0 fully saturated rings. The molecule has 4 unspecified atom stereocenters. The number of benzene rings is 3. The molecule has 4 aliphatic rings. The molecule has 1 amide bonds. The Hall–Kier alpha value is -4.33. The zero-order chi connectivity index (χ0) is 34.1. The number of carbonyl (C=O) groups is 1. The summed E-state index contributed by atoms with van der Waals surface area (Å²) in [7, 11) is 0. The van der Waals surface area contributed by atoms with E-state index >= 15 is 0 Å². The number of aromatic amines is 1. The lowest BCUT2D eigenvalue weighted by molar-refractivity contribution is -0.123. The molecule has 248 valence electrons. The van der Waals surface area contributed by atoms with Crippen LogP contribution in [0.4, 0.5) is 0 Å². The van der Waals surface area contributed by atoms with Crippen LogP contribution in [0, 0.1) is 5.92 Å². The molecule has 14 heteroatoms. The number of fused-ring (bicyclic) bond motifs is 3. The molecule has 0 saturated heterocycles. The largest absolute Gasteiger partial charge is 0.507 e. The highest BCUT2D eigenvalue weighted by Gasteiger charge is 2.58. The van der Waals surface area contributed by atoms with Crippen molar-refractivity contribution in [3.63, 3.8) is 0 Å². The van der Waals surface area contributed by atoms with E-state index in [1.165, 1.54) is 6.07 Å². The number of halogens is 3. The predicted molar refractivity (Wildman–Crippen MR) is 184 cm³/mol. The zero-order valence-corrected chi connectivity index (χ0v) is 28.9. The molecule has 6 aromatic rings. The third-order valence-corrected chi connectivity index (χ3v) is 10.9. The molecule has 7 heterocycles. The van der Waals surface area contributed by atoms with E-state index in [1.807, 2.05) is 50.2 Å². The van der Waals surface area contributed by atoms with E-state index in [-0.39, 0.29) is 52.2 Å². The van der Waals surface area contributed by atoms with Crippen LogP contribution in [0.25, 0.3) is 44.9 Å². The highest BCUT2D eigenvalue weighted by atomic mass is 79.9. The van der Waals surface area contributed by atoms with Gasteiger partial charge in [0.1, 0.15) is 28.1 Å². The molecule has 6 N–H and O–H groups in total. The van der Waals surface area contributed by atoms with Gasteiger partial charge >= 0.3 is 0 Å². The average Bonchev–Trinajstić information content (AvgIpc) is 3.81. The van der Waals surface area contributed by atoms with Gasteiger partial charge in [0.25, 0.3) is 5.89 Å². The van der Waals surface area contributed by atoms with Crippen molar-refractivity contribution in [1.29, 1.82) is 0 Å². The lowest BCUT2D eigenvalue weighted by Gasteiger charge is -2.33. The van der Waals surface area contributed by atoms with E-state index in [4.69, 9.17) is 47.5 Å². The number of aliphatic hydroxyl groups is 1. The number of hydrogen-bond donors (Lipinski definition) is 5. The maximum atomic E-state index is 13.6. The van der Waals surface area contributed by atoms with Crippen molar-refractivity contribution in [3.05, 3.63) is 91.7 Å². The number of nitrogens with zero attached hydrogens (tertiary/aromatic N) is 2. The molecule has 49 heavy (non-hydrogen) atoms. The molecule has 0 aliphatic carbocycles. The quantitative estimate of drug-likeness (QED) is 0.119. The van der Waals surface area contributed by atoms with Crippen molar-refractivity contribution in [2.24, 2.45) is 11.7 Å². The van der Waals surface area contributed by atoms with Crippen LogP contribution in [0.2, 0.25) is 10.3 Å². The Labute approximate surface area is 296 Å². The molecule has 0 radical (unpaired) electrons. The summed E-state index contributed by atoms with van der Waals surface area (Å²) >= 11 is 17.1. The summed E-state index contributed by atoms with van der Waals surface area (Å²) in [6, 6.07) is 12.8. The van der Waals surface area contributed by atoms with Crippen LogP contribution in [0.15, 0.2) is 61.8 Å². The van der Waals surface area contributed by atoms with Crippen molar-refractivity contribution < 1.29 is 28.6 Å². The lowest BCUT2D eigenvalue weighted by Crippen LogP contribution is -2.45. The van der Waals surface area contributed by atoms with Gasteiger partial charge in [-0.15, -0.1) is 0 Å². The van der Waals surface area contributed by atoms with Crippen LogP contribution >= 0.6 is 39.1 Å². The van der Waals surface area contributed by atoms with Crippen LogP contribution in [0.1, 0.15) is 48.2 Å². The minimum atomic E-state index is -1.68. The summed E-state index contributed by atoms with van der Waals surface area (Å²) in [5.41, 5.74) is 9.20. The number of nitrogens with one attached hydrogen (secondary N) is 2. The second-order valence-corrected chi connectivity index (χ2v) is 14.5. The van der Waals surface area contributed by atoms with Gasteiger partial charge in [-0.1, -0.05) is 61.3 Å². The third kappa shape index (κ3) is 4.18. The van der Waals surface area contributed by atoms with E-state index in [2.05, 4.69) is 31.2 Å². The molecular weight excluding hydrogens is 737 g/mol. The number of ether oxygens (including phenoxy) is 1. The van der Waals surface area contributed by atoms with E-state index in [9.17, 15) is 15.0 Å². The van der Waals surface area contributed by atoms with Gasteiger partial charge in [-0.2, -0.15) is 4.98 Å². The fourth-order valence-electron chi connectivity index (χ4n) is 7.44. The Morgan fingerprint density at radius 2 is 1.92 bits per heavy atom. The number of aliphatic hydroxyl groups excluding tert-OH is 1. The normalized spacial score (nSPS) is 22.2. The first-order valence-corrected chi connectivity index (χ1v) is 17.1. The van der Waals surface area contributed by atoms with E-state index in [0.717, 1.165) is 22.0 Å². The fourth-order valence-corrected chi connectivity index (χ4v) is 8.32. The Kier molecular flexibility index (Phi) is 6.63. The van der Waals surface area contributed by atoms with Gasteiger partial charge in [0, 0.05) is 16.5 Å². The van der Waals surface area contributed by atoms with Gasteiger partial charge in [-0.3, -0.25) is 4.79 Å². The van der Waals surface area contributed by atoms with E-state index < -0.39 is 29.7 Å². The SMILES string of the molecule is CC(C)C1NC(=O)C(N)Cc2cc(Br)c(O)cc2C23c4ccc(cc4OC2O)-c2cccc4[nH]c(Cl)c(c24)-c2oc(nc2Cl)-c2nc1oc23. The van der Waals surface area contributed by atoms with Crippen molar-refractivity contribution in [1.82, 2.24) is 20.3 Å². The summed E-state index contributed by atoms with van der Waals surface area (Å²) in [5, 5.41) is 27.5. The zero-order valence-electron chi connectivity index (χ0n) is 25.8. The number of phenolic OH excluding ortho intramolecular Hbond substituents is 1. The third-order valence-electron chi connectivity index (χ3n) is 9.73. The number of aromatic hydroxyl groups is 1. The van der Waals surface area contributed by atoms with Crippen molar-refractivity contribution in [2.45, 2.75) is 44.1 Å². The number of hydrogen-bond acceptors (Lipinski definition) is 9. The molecular formula is C35H26BrCl2N5O6. The molecule has 0 saturated carbocycles. The van der Waals surface area contributed by atoms with Gasteiger partial charge in [0.2, 0.25) is 18.1 Å². The Morgan fingerprint density at radius 3 is 2.71 bits per heavy atom. The molecule has 8 bridgehead atoms. The average molecular weight is 763 g/mol. The van der Waals surface area contributed by atoms with Crippen molar-refractivity contribution >= 4 is 55.9 Å². The summed E-state index contributed by atoms with van der Waals surface area (Å²) in [5.74, 6) is 0.0106. The number of oxazole rings is 2. The van der Waals surface area contributed by atoms with Gasteiger partial charge in [-0.05, 0) is 74.8 Å². The minimum absolute atomic E-state index is 0.0200. The monoisotopic (exact) mass is 761 g/mol. The van der Waals surface area contributed by atoms with E-state index in [1.54, 1.807) is 6.07 Å². The van der Waals surface area contributed by atoms with Crippen LogP contribution in [0.3, 0.4) is 0 Å². The van der Waals surface area contributed by atoms with Gasteiger partial charge in [-0.25, -0.2) is 4.98 Å². The van der Waals surface area contributed by atoms with Gasteiger partial charge in [0.15, 0.2) is 22.4 Å². The van der Waals surface area contributed by atoms with Crippen LogP contribution in [-0.4, -0.2) is 43.4 Å². The second kappa shape index (κ2) is 10.6. The first-order chi connectivity index (χ1) is 23.5. The predicted octanol–water partition coefficient (Wildman–Crippen LogP) is 6.98. The first-order valence-electron chi connectivity index (χ1n) is 15.5. The van der Waals surface area contributed by atoms with Crippen LogP contribution in [0.5, 0.6) is 11.5 Å². The van der Waals surface area contributed by atoms with E-state index in [0.29, 0.717) is 37.6 Å². The summed E-state index contributed by atoms with van der Waals surface area (Å²) < 4.78 is 19.9. The highest BCUT2D eigenvalue weighted by molar-refractivity contribution is 9.10. The van der Waals surface area contributed by atoms with Gasteiger partial charge < -0.3 is 39.8 Å². The molecule has 11 nitrogen and oxygen atoms in total. The lowest BCUT2D eigenvalue weighted by atomic mass is 9.69. The fraction of sp³-hybridized carbons (Fsp3) is 0.229. The molecule has 10 rings (SSSR count). The number of H-pyrrole nitrogens is 1. The minimum Gasteiger partial charge on any atom is -0.507 e. The van der Waals surface area contributed by atoms with Crippen molar-refractivity contribution in [3.8, 4) is 45.5 Å². The smallest absolute Gasteiger partial charge is 0.250 e. The number of amides is 1.